The van der Waals surface area contributed by atoms with Crippen LogP contribution in [0.3, 0.4) is 0 Å². The fourth-order valence-corrected chi connectivity index (χ4v) is 2.70. The smallest absolute Gasteiger partial charge is 0.323 e. The Balaban J connectivity index is 1.62. The molecule has 0 aliphatic heterocycles. The van der Waals surface area contributed by atoms with Crippen LogP contribution in [0.15, 0.2) is 66.7 Å². The number of rotatable bonds is 6. The van der Waals surface area contributed by atoms with E-state index in [9.17, 15) is 4.79 Å². The Kier molecular flexibility index (Phi) is 5.31. The number of hydrogen-bond acceptors (Lipinski definition) is 4. The van der Waals surface area contributed by atoms with Crippen molar-refractivity contribution in [1.29, 1.82) is 0 Å². The van der Waals surface area contributed by atoms with Crippen LogP contribution in [0.2, 0.25) is 0 Å². The summed E-state index contributed by atoms with van der Waals surface area (Å²) in [6, 6.07) is 20.8. The summed E-state index contributed by atoms with van der Waals surface area (Å²) in [6.07, 6.45) is 0.440. The van der Waals surface area contributed by atoms with Gasteiger partial charge in [-0.3, -0.25) is 4.79 Å². The maximum absolute atomic E-state index is 12.1. The summed E-state index contributed by atoms with van der Waals surface area (Å²) in [6.45, 7) is 0.241. The molecule has 0 radical (unpaired) electrons. The first-order chi connectivity index (χ1) is 12.2. The summed E-state index contributed by atoms with van der Waals surface area (Å²) in [5.74, 6) is 0.431. The highest BCUT2D eigenvalue weighted by Gasteiger charge is 2.16. The first-order valence-corrected chi connectivity index (χ1v) is 8.18. The molecule has 0 fully saturated rings. The van der Waals surface area contributed by atoms with Crippen LogP contribution in [0.5, 0.6) is 5.75 Å². The van der Waals surface area contributed by atoms with Crippen LogP contribution in [0.25, 0.3) is 10.8 Å². The second-order valence-corrected chi connectivity index (χ2v) is 5.95. The average molecular weight is 335 g/mol. The Morgan fingerprint density at radius 2 is 1.68 bits per heavy atom. The van der Waals surface area contributed by atoms with Gasteiger partial charge in [0.15, 0.2) is 0 Å². The molecule has 0 bridgehead atoms. The van der Waals surface area contributed by atoms with Crippen LogP contribution >= 0.6 is 0 Å². The number of benzene rings is 3. The van der Waals surface area contributed by atoms with Crippen molar-refractivity contribution in [3.05, 3.63) is 77.9 Å². The zero-order valence-electron chi connectivity index (χ0n) is 14.1. The van der Waals surface area contributed by atoms with Crippen molar-refractivity contribution in [3.8, 4) is 5.75 Å². The number of esters is 1. The number of carbonyl (C=O) groups is 1. The van der Waals surface area contributed by atoms with Crippen molar-refractivity contribution in [2.45, 2.75) is 19.1 Å². The number of ether oxygens (including phenoxy) is 2. The van der Waals surface area contributed by atoms with E-state index in [0.29, 0.717) is 6.42 Å². The third kappa shape index (κ3) is 4.37. The number of methoxy groups -OCH3 is 1. The van der Waals surface area contributed by atoms with Crippen molar-refractivity contribution in [2.75, 3.05) is 7.11 Å². The predicted molar refractivity (Wildman–Crippen MR) is 98.4 cm³/mol. The molecule has 0 amide bonds. The largest absolute Gasteiger partial charge is 0.497 e. The molecule has 0 unspecified atom stereocenters. The van der Waals surface area contributed by atoms with Crippen LogP contribution in [0, 0.1) is 0 Å². The second-order valence-electron chi connectivity index (χ2n) is 5.95. The summed E-state index contributed by atoms with van der Waals surface area (Å²) in [4.78, 5) is 12.1. The third-order valence-electron chi connectivity index (χ3n) is 4.09. The van der Waals surface area contributed by atoms with Crippen molar-refractivity contribution < 1.29 is 14.3 Å². The second kappa shape index (κ2) is 7.81. The lowest BCUT2D eigenvalue weighted by atomic mass is 10.0. The minimum Gasteiger partial charge on any atom is -0.497 e. The Labute approximate surface area is 147 Å². The summed E-state index contributed by atoms with van der Waals surface area (Å²) < 4.78 is 10.5. The maximum atomic E-state index is 12.1. The number of hydrogen-bond donors (Lipinski definition) is 1. The predicted octanol–water partition coefficient (Wildman–Crippen LogP) is 3.46. The molecule has 1 atom stereocenters. The zero-order chi connectivity index (χ0) is 17.6. The first kappa shape index (κ1) is 17.0. The average Bonchev–Trinajstić information content (AvgIpc) is 2.66. The van der Waals surface area contributed by atoms with Gasteiger partial charge in [-0.2, -0.15) is 0 Å². The molecule has 2 N–H and O–H groups in total. The molecule has 3 aromatic carbocycles. The summed E-state index contributed by atoms with van der Waals surface area (Å²) in [5.41, 5.74) is 7.96. The van der Waals surface area contributed by atoms with Gasteiger partial charge in [-0.1, -0.05) is 54.6 Å². The number of fused-ring (bicyclic) bond motifs is 1. The van der Waals surface area contributed by atoms with Gasteiger partial charge in [0, 0.05) is 0 Å². The fourth-order valence-electron chi connectivity index (χ4n) is 2.70. The van der Waals surface area contributed by atoms with Crippen LogP contribution < -0.4 is 10.5 Å². The van der Waals surface area contributed by atoms with Crippen molar-refractivity contribution in [2.24, 2.45) is 5.73 Å². The lowest BCUT2D eigenvalue weighted by molar-refractivity contribution is -0.146. The van der Waals surface area contributed by atoms with E-state index < -0.39 is 12.0 Å². The SMILES string of the molecule is COc1ccc2cc(C[C@H](N)C(=O)OCc3ccccc3)ccc2c1. The molecular weight excluding hydrogens is 314 g/mol. The van der Waals surface area contributed by atoms with Gasteiger partial charge in [0.2, 0.25) is 0 Å². The van der Waals surface area contributed by atoms with E-state index in [4.69, 9.17) is 15.2 Å². The molecule has 0 aliphatic carbocycles. The quantitative estimate of drug-likeness (QED) is 0.701. The molecule has 0 spiro atoms. The molecule has 0 heterocycles. The molecule has 3 aromatic rings. The standard InChI is InChI=1S/C21H21NO3/c1-24-19-10-9-17-11-16(7-8-18(17)13-19)12-20(22)21(23)25-14-15-5-3-2-4-6-15/h2-11,13,20H,12,14,22H2,1H3/t20-/m0/s1. The van der Waals surface area contributed by atoms with Crippen LogP contribution in [0.1, 0.15) is 11.1 Å². The highest BCUT2D eigenvalue weighted by Crippen LogP contribution is 2.22. The molecule has 4 nitrogen and oxygen atoms in total. The van der Waals surface area contributed by atoms with Gasteiger partial charge in [-0.25, -0.2) is 0 Å². The van der Waals surface area contributed by atoms with E-state index in [1.54, 1.807) is 7.11 Å². The Morgan fingerprint density at radius 1 is 0.960 bits per heavy atom. The molecule has 25 heavy (non-hydrogen) atoms. The van der Waals surface area contributed by atoms with Gasteiger partial charge in [0.1, 0.15) is 18.4 Å². The highest BCUT2D eigenvalue weighted by molar-refractivity contribution is 5.85. The van der Waals surface area contributed by atoms with Gasteiger partial charge >= 0.3 is 5.97 Å². The Bertz CT molecular complexity index is 861. The molecule has 3 rings (SSSR count). The zero-order valence-corrected chi connectivity index (χ0v) is 14.1. The Morgan fingerprint density at radius 3 is 2.44 bits per heavy atom. The monoisotopic (exact) mass is 335 g/mol. The van der Waals surface area contributed by atoms with E-state index in [-0.39, 0.29) is 6.61 Å². The summed E-state index contributed by atoms with van der Waals surface area (Å²) in [7, 11) is 1.65. The minimum atomic E-state index is -0.681. The fraction of sp³-hybridized carbons (Fsp3) is 0.190. The van der Waals surface area contributed by atoms with E-state index in [0.717, 1.165) is 27.6 Å². The lowest BCUT2D eigenvalue weighted by Crippen LogP contribution is -2.34. The van der Waals surface area contributed by atoms with Crippen LogP contribution in [0.4, 0.5) is 0 Å². The molecule has 0 aromatic heterocycles. The van der Waals surface area contributed by atoms with Crippen LogP contribution in [-0.2, 0) is 22.6 Å². The highest BCUT2D eigenvalue weighted by atomic mass is 16.5. The minimum absolute atomic E-state index is 0.241. The van der Waals surface area contributed by atoms with Gasteiger partial charge in [0.25, 0.3) is 0 Å². The van der Waals surface area contributed by atoms with Gasteiger partial charge in [0.05, 0.1) is 7.11 Å². The van der Waals surface area contributed by atoms with E-state index in [1.165, 1.54) is 0 Å². The lowest BCUT2D eigenvalue weighted by Gasteiger charge is -2.12. The number of carbonyl (C=O) groups excluding carboxylic acids is 1. The molecule has 0 saturated carbocycles. The van der Waals surface area contributed by atoms with Gasteiger partial charge < -0.3 is 15.2 Å². The van der Waals surface area contributed by atoms with E-state index in [1.807, 2.05) is 66.7 Å². The molecule has 4 heteroatoms. The third-order valence-corrected chi connectivity index (χ3v) is 4.09. The molecule has 0 aliphatic rings. The van der Waals surface area contributed by atoms with E-state index in [2.05, 4.69) is 0 Å². The number of nitrogens with two attached hydrogens (primary N) is 1. The normalized spacial score (nSPS) is 11.9. The Hall–Kier alpha value is -2.85. The molecule has 128 valence electrons. The molecule has 0 saturated heterocycles. The van der Waals surface area contributed by atoms with Crippen molar-refractivity contribution in [1.82, 2.24) is 0 Å². The summed E-state index contributed by atoms with van der Waals surface area (Å²) in [5, 5.41) is 2.17. The first-order valence-electron chi connectivity index (χ1n) is 8.18. The van der Waals surface area contributed by atoms with Crippen LogP contribution in [-0.4, -0.2) is 19.1 Å². The van der Waals surface area contributed by atoms with Gasteiger partial charge in [-0.15, -0.1) is 0 Å². The van der Waals surface area contributed by atoms with Gasteiger partial charge in [-0.05, 0) is 40.5 Å². The maximum Gasteiger partial charge on any atom is 0.323 e. The topological polar surface area (TPSA) is 61.5 Å². The van der Waals surface area contributed by atoms with E-state index >= 15 is 0 Å². The van der Waals surface area contributed by atoms with Crippen molar-refractivity contribution >= 4 is 16.7 Å². The van der Waals surface area contributed by atoms with Crippen molar-refractivity contribution in [3.63, 3.8) is 0 Å². The summed E-state index contributed by atoms with van der Waals surface area (Å²) >= 11 is 0. The molecular formula is C21H21NO3.